The summed E-state index contributed by atoms with van der Waals surface area (Å²) < 4.78 is 5.38. The first-order valence-electron chi connectivity index (χ1n) is 7.45. The summed E-state index contributed by atoms with van der Waals surface area (Å²) in [6.45, 7) is 11.6. The van der Waals surface area contributed by atoms with Gasteiger partial charge in [0.05, 0.1) is 5.69 Å². The van der Waals surface area contributed by atoms with Crippen molar-refractivity contribution in [3.8, 4) is 0 Å². The van der Waals surface area contributed by atoms with Crippen molar-refractivity contribution in [2.24, 2.45) is 0 Å². The van der Waals surface area contributed by atoms with Crippen molar-refractivity contribution in [1.29, 1.82) is 0 Å². The molecule has 0 aliphatic carbocycles. The molecule has 0 aliphatic rings. The van der Waals surface area contributed by atoms with E-state index >= 15 is 0 Å². The van der Waals surface area contributed by atoms with E-state index in [0.717, 1.165) is 5.69 Å². The van der Waals surface area contributed by atoms with Crippen LogP contribution in [0.2, 0.25) is 0 Å². The molecule has 1 amide bonds. The van der Waals surface area contributed by atoms with Gasteiger partial charge < -0.3 is 15.0 Å². The van der Waals surface area contributed by atoms with Gasteiger partial charge in [-0.25, -0.2) is 4.79 Å². The van der Waals surface area contributed by atoms with Crippen LogP contribution in [0.5, 0.6) is 0 Å². The Morgan fingerprint density at radius 2 is 2.14 bits per heavy atom. The highest BCUT2D eigenvalue weighted by molar-refractivity contribution is 5.68. The zero-order valence-corrected chi connectivity index (χ0v) is 13.7. The predicted octanol–water partition coefficient (Wildman–Crippen LogP) is 2.99. The summed E-state index contributed by atoms with van der Waals surface area (Å²) in [4.78, 5) is 18.0. The third-order valence-corrected chi connectivity index (χ3v) is 3.00. The number of likely N-dealkylation sites (N-methyl/N-ethyl adjacent to an activating group) is 1. The molecule has 1 aromatic heterocycles. The Hall–Kier alpha value is -1.62. The third kappa shape index (κ3) is 6.58. The minimum atomic E-state index is -0.459. The number of aromatic nitrogens is 1. The fourth-order valence-corrected chi connectivity index (χ4v) is 1.86. The van der Waals surface area contributed by atoms with E-state index in [0.29, 0.717) is 19.6 Å². The van der Waals surface area contributed by atoms with Gasteiger partial charge in [-0.3, -0.25) is 4.98 Å². The molecule has 0 radical (unpaired) electrons. The standard InChI is InChI=1S/C16H27N3O2/c1-6-19(15(20)21-16(3,4)5)12-11-17-13(2)14-9-7-8-10-18-14/h7-10,13,17H,6,11-12H2,1-5H3. The topological polar surface area (TPSA) is 54.5 Å². The number of amides is 1. The van der Waals surface area contributed by atoms with Crippen molar-refractivity contribution in [3.63, 3.8) is 0 Å². The molecule has 0 aliphatic heterocycles. The molecule has 0 bridgehead atoms. The van der Waals surface area contributed by atoms with Crippen molar-refractivity contribution >= 4 is 6.09 Å². The van der Waals surface area contributed by atoms with Crippen LogP contribution in [0.3, 0.4) is 0 Å². The van der Waals surface area contributed by atoms with Gasteiger partial charge >= 0.3 is 6.09 Å². The van der Waals surface area contributed by atoms with Gasteiger partial charge in [0, 0.05) is 31.9 Å². The molecule has 118 valence electrons. The van der Waals surface area contributed by atoms with Crippen molar-refractivity contribution in [3.05, 3.63) is 30.1 Å². The molecule has 1 N–H and O–H groups in total. The van der Waals surface area contributed by atoms with Crippen LogP contribution in [0.1, 0.15) is 46.4 Å². The van der Waals surface area contributed by atoms with E-state index in [9.17, 15) is 4.79 Å². The SMILES string of the molecule is CCN(CCNC(C)c1ccccn1)C(=O)OC(C)(C)C. The third-order valence-electron chi connectivity index (χ3n) is 3.00. The van der Waals surface area contributed by atoms with Crippen LogP contribution in [0.15, 0.2) is 24.4 Å². The first-order valence-corrected chi connectivity index (χ1v) is 7.45. The molecule has 0 fully saturated rings. The molecule has 1 heterocycles. The Bertz CT molecular complexity index is 429. The fourth-order valence-electron chi connectivity index (χ4n) is 1.86. The number of carbonyl (C=O) groups excluding carboxylic acids is 1. The van der Waals surface area contributed by atoms with Crippen molar-refractivity contribution in [1.82, 2.24) is 15.2 Å². The van der Waals surface area contributed by atoms with Crippen LogP contribution >= 0.6 is 0 Å². The molecule has 1 aromatic rings. The van der Waals surface area contributed by atoms with E-state index in [2.05, 4.69) is 17.2 Å². The molecular weight excluding hydrogens is 266 g/mol. The van der Waals surface area contributed by atoms with Gasteiger partial charge in [0.15, 0.2) is 0 Å². The monoisotopic (exact) mass is 293 g/mol. The summed E-state index contributed by atoms with van der Waals surface area (Å²) in [7, 11) is 0. The second kappa shape index (κ2) is 7.98. The van der Waals surface area contributed by atoms with Crippen LogP contribution in [-0.4, -0.2) is 41.2 Å². The van der Waals surface area contributed by atoms with E-state index in [1.54, 1.807) is 11.1 Å². The molecule has 1 rings (SSSR count). The minimum absolute atomic E-state index is 0.156. The number of nitrogens with zero attached hydrogens (tertiary/aromatic N) is 2. The summed E-state index contributed by atoms with van der Waals surface area (Å²) in [6.07, 6.45) is 1.52. The van der Waals surface area contributed by atoms with E-state index < -0.39 is 5.60 Å². The lowest BCUT2D eigenvalue weighted by Crippen LogP contribution is -2.40. The molecule has 0 saturated heterocycles. The lowest BCUT2D eigenvalue weighted by Gasteiger charge is -2.27. The maximum atomic E-state index is 12.0. The number of nitrogens with one attached hydrogen (secondary N) is 1. The van der Waals surface area contributed by atoms with E-state index in [1.807, 2.05) is 45.9 Å². The molecule has 0 aromatic carbocycles. The zero-order chi connectivity index (χ0) is 15.9. The van der Waals surface area contributed by atoms with Crippen molar-refractivity contribution < 1.29 is 9.53 Å². The Labute approximate surface area is 127 Å². The summed E-state index contributed by atoms with van der Waals surface area (Å²) in [5.41, 5.74) is 0.539. The lowest BCUT2D eigenvalue weighted by atomic mass is 10.2. The summed E-state index contributed by atoms with van der Waals surface area (Å²) >= 11 is 0. The molecule has 21 heavy (non-hydrogen) atoms. The van der Waals surface area contributed by atoms with Crippen LogP contribution in [0.4, 0.5) is 4.79 Å². The first-order chi connectivity index (χ1) is 9.83. The Morgan fingerprint density at radius 1 is 1.43 bits per heavy atom. The summed E-state index contributed by atoms with van der Waals surface area (Å²) in [5, 5.41) is 3.37. The van der Waals surface area contributed by atoms with E-state index in [-0.39, 0.29) is 12.1 Å². The Morgan fingerprint density at radius 3 is 2.67 bits per heavy atom. The van der Waals surface area contributed by atoms with Crippen LogP contribution in [-0.2, 0) is 4.74 Å². The van der Waals surface area contributed by atoms with Gasteiger partial charge in [0.2, 0.25) is 0 Å². The highest BCUT2D eigenvalue weighted by atomic mass is 16.6. The molecule has 5 nitrogen and oxygen atoms in total. The number of pyridine rings is 1. The number of rotatable bonds is 6. The molecular formula is C16H27N3O2. The highest BCUT2D eigenvalue weighted by Crippen LogP contribution is 2.10. The lowest BCUT2D eigenvalue weighted by molar-refractivity contribution is 0.0261. The maximum absolute atomic E-state index is 12.0. The molecule has 1 unspecified atom stereocenters. The van der Waals surface area contributed by atoms with E-state index in [4.69, 9.17) is 4.74 Å². The first kappa shape index (κ1) is 17.4. The maximum Gasteiger partial charge on any atom is 0.410 e. The number of carbonyl (C=O) groups is 1. The molecule has 1 atom stereocenters. The quantitative estimate of drug-likeness (QED) is 0.876. The van der Waals surface area contributed by atoms with Gasteiger partial charge in [-0.05, 0) is 46.8 Å². The number of hydrogen-bond acceptors (Lipinski definition) is 4. The van der Waals surface area contributed by atoms with Crippen molar-refractivity contribution in [2.45, 2.75) is 46.3 Å². The Kier molecular flexibility index (Phi) is 6.62. The zero-order valence-electron chi connectivity index (χ0n) is 13.7. The van der Waals surface area contributed by atoms with E-state index in [1.165, 1.54) is 0 Å². The summed E-state index contributed by atoms with van der Waals surface area (Å²) in [6, 6.07) is 6.02. The minimum Gasteiger partial charge on any atom is -0.444 e. The Balaban J connectivity index is 2.40. The van der Waals surface area contributed by atoms with Gasteiger partial charge in [0.25, 0.3) is 0 Å². The normalized spacial score (nSPS) is 12.8. The average molecular weight is 293 g/mol. The highest BCUT2D eigenvalue weighted by Gasteiger charge is 2.20. The van der Waals surface area contributed by atoms with Gasteiger partial charge in [-0.15, -0.1) is 0 Å². The summed E-state index contributed by atoms with van der Waals surface area (Å²) in [5.74, 6) is 0. The smallest absolute Gasteiger partial charge is 0.410 e. The number of ether oxygens (including phenoxy) is 1. The second-order valence-electron chi connectivity index (χ2n) is 5.99. The molecule has 5 heteroatoms. The average Bonchev–Trinajstić information content (AvgIpc) is 2.42. The number of hydrogen-bond donors (Lipinski definition) is 1. The fraction of sp³-hybridized carbons (Fsp3) is 0.625. The van der Waals surface area contributed by atoms with Crippen molar-refractivity contribution in [2.75, 3.05) is 19.6 Å². The predicted molar refractivity (Wildman–Crippen MR) is 84.1 cm³/mol. The van der Waals surface area contributed by atoms with Gasteiger partial charge in [-0.1, -0.05) is 6.07 Å². The second-order valence-corrected chi connectivity index (χ2v) is 5.99. The van der Waals surface area contributed by atoms with Gasteiger partial charge in [0.1, 0.15) is 5.60 Å². The molecule has 0 saturated carbocycles. The van der Waals surface area contributed by atoms with Crippen LogP contribution < -0.4 is 5.32 Å². The van der Waals surface area contributed by atoms with Crippen LogP contribution in [0, 0.1) is 0 Å². The van der Waals surface area contributed by atoms with Gasteiger partial charge in [-0.2, -0.15) is 0 Å². The largest absolute Gasteiger partial charge is 0.444 e. The molecule has 0 spiro atoms. The van der Waals surface area contributed by atoms with Crippen LogP contribution in [0.25, 0.3) is 0 Å².